The third-order valence-electron chi connectivity index (χ3n) is 4.82. The van der Waals surface area contributed by atoms with Crippen LogP contribution in [0.1, 0.15) is 43.3 Å². The van der Waals surface area contributed by atoms with Crippen LogP contribution in [0.5, 0.6) is 0 Å². The van der Waals surface area contributed by atoms with Crippen molar-refractivity contribution in [3.8, 4) is 0 Å². The zero-order chi connectivity index (χ0) is 17.2. The van der Waals surface area contributed by atoms with Crippen LogP contribution in [0.4, 0.5) is 13.2 Å². The second kappa shape index (κ2) is 8.88. The largest absolute Gasteiger partial charge is 0.434 e. The average Bonchev–Trinajstić information content (AvgIpc) is 3.17. The van der Waals surface area contributed by atoms with Crippen LogP contribution in [0.2, 0.25) is 0 Å². The molecule has 2 fully saturated rings. The monoisotopic (exact) mass is 488 g/mol. The van der Waals surface area contributed by atoms with Crippen LogP contribution in [0.15, 0.2) is 10.4 Å². The number of rotatable bonds is 3. The van der Waals surface area contributed by atoms with Gasteiger partial charge in [-0.25, -0.2) is 9.98 Å². The summed E-state index contributed by atoms with van der Waals surface area (Å²) < 4.78 is 37.9. The number of guanidine groups is 1. The molecule has 1 saturated carbocycles. The van der Waals surface area contributed by atoms with Gasteiger partial charge in [-0.2, -0.15) is 13.2 Å². The van der Waals surface area contributed by atoms with Gasteiger partial charge in [0.05, 0.1) is 6.54 Å². The van der Waals surface area contributed by atoms with Crippen LogP contribution < -0.4 is 5.32 Å². The second-order valence-corrected chi connectivity index (χ2v) is 7.45. The molecule has 0 bridgehead atoms. The van der Waals surface area contributed by atoms with Gasteiger partial charge in [-0.15, -0.1) is 35.3 Å². The fourth-order valence-corrected chi connectivity index (χ4v) is 4.38. The van der Waals surface area contributed by atoms with Gasteiger partial charge < -0.3 is 10.2 Å². The Labute approximate surface area is 167 Å². The number of halogens is 4. The molecule has 0 amide bonds. The van der Waals surface area contributed by atoms with Gasteiger partial charge in [-0.05, 0) is 31.6 Å². The molecule has 1 N–H and O–H groups in total. The van der Waals surface area contributed by atoms with Gasteiger partial charge in [-0.1, -0.05) is 12.8 Å². The van der Waals surface area contributed by atoms with Crippen molar-refractivity contribution in [3.05, 3.63) is 16.1 Å². The van der Waals surface area contributed by atoms with Crippen molar-refractivity contribution in [2.45, 2.75) is 45.3 Å². The molecular formula is C16H24F3IN4S. The maximum Gasteiger partial charge on any atom is 0.434 e. The van der Waals surface area contributed by atoms with Crippen molar-refractivity contribution in [1.29, 1.82) is 0 Å². The molecule has 0 spiro atoms. The van der Waals surface area contributed by atoms with E-state index in [1.165, 1.54) is 25.7 Å². The Balaban J connectivity index is 0.00000225. The lowest BCUT2D eigenvalue weighted by atomic mass is 9.82. The second-order valence-electron chi connectivity index (χ2n) is 6.50. The SMILES string of the molecule is CCNC(=NCc1nc(C(F)(F)F)cs1)N1CC2CCCCC2C1.I. The van der Waals surface area contributed by atoms with Gasteiger partial charge in [0.15, 0.2) is 11.7 Å². The lowest BCUT2D eigenvalue weighted by Gasteiger charge is -2.22. The summed E-state index contributed by atoms with van der Waals surface area (Å²) in [5.74, 6) is 2.27. The highest BCUT2D eigenvalue weighted by atomic mass is 127. The molecule has 2 heterocycles. The molecule has 0 aromatic carbocycles. The number of hydrogen-bond donors (Lipinski definition) is 1. The number of nitrogens with zero attached hydrogens (tertiary/aromatic N) is 3. The fraction of sp³-hybridized carbons (Fsp3) is 0.750. The third-order valence-corrected chi connectivity index (χ3v) is 5.65. The number of thiazole rings is 1. The molecule has 2 atom stereocenters. The molecule has 142 valence electrons. The fourth-order valence-electron chi connectivity index (χ4n) is 3.66. The standard InChI is InChI=1S/C16H23F3N4S.HI/c1-2-20-15(23-8-11-5-3-4-6-12(11)9-23)21-7-14-22-13(10-24-14)16(17,18)19;/h10-12H,2-9H2,1H3,(H,20,21);1H. The summed E-state index contributed by atoms with van der Waals surface area (Å²) in [6.45, 7) is 4.94. The average molecular weight is 488 g/mol. The van der Waals surface area contributed by atoms with E-state index in [0.29, 0.717) is 5.01 Å². The Bertz CT molecular complexity index is 576. The van der Waals surface area contributed by atoms with Gasteiger partial charge >= 0.3 is 6.18 Å². The van der Waals surface area contributed by atoms with Crippen LogP contribution >= 0.6 is 35.3 Å². The van der Waals surface area contributed by atoms with Gasteiger partial charge in [0.25, 0.3) is 0 Å². The van der Waals surface area contributed by atoms with Crippen molar-refractivity contribution in [1.82, 2.24) is 15.2 Å². The van der Waals surface area contributed by atoms with Crippen LogP contribution in [0.3, 0.4) is 0 Å². The molecular weight excluding hydrogens is 464 g/mol. The van der Waals surface area contributed by atoms with Crippen molar-refractivity contribution in [3.63, 3.8) is 0 Å². The topological polar surface area (TPSA) is 40.5 Å². The summed E-state index contributed by atoms with van der Waals surface area (Å²) in [5.41, 5.74) is -0.824. The van der Waals surface area contributed by atoms with E-state index in [1.807, 2.05) is 6.92 Å². The van der Waals surface area contributed by atoms with Crippen LogP contribution in [0, 0.1) is 11.8 Å². The minimum absolute atomic E-state index is 0. The predicted molar refractivity (Wildman–Crippen MR) is 104 cm³/mol. The number of likely N-dealkylation sites (tertiary alicyclic amines) is 1. The highest BCUT2D eigenvalue weighted by Crippen LogP contribution is 2.36. The molecule has 1 aliphatic heterocycles. The zero-order valence-electron chi connectivity index (χ0n) is 14.2. The van der Waals surface area contributed by atoms with Crippen molar-refractivity contribution in [2.24, 2.45) is 16.8 Å². The smallest absolute Gasteiger partial charge is 0.357 e. The van der Waals surface area contributed by atoms with E-state index in [2.05, 4.69) is 20.2 Å². The molecule has 4 nitrogen and oxygen atoms in total. The van der Waals surface area contributed by atoms with E-state index in [0.717, 1.165) is 54.1 Å². The minimum atomic E-state index is -4.38. The molecule has 0 radical (unpaired) electrons. The Morgan fingerprint density at radius 1 is 1.32 bits per heavy atom. The lowest BCUT2D eigenvalue weighted by Crippen LogP contribution is -2.40. The van der Waals surface area contributed by atoms with E-state index in [9.17, 15) is 13.2 Å². The summed E-state index contributed by atoms with van der Waals surface area (Å²) in [6.07, 6.45) is 0.793. The summed E-state index contributed by atoms with van der Waals surface area (Å²) >= 11 is 1.01. The number of alkyl halides is 3. The normalized spacial score (nSPS) is 24.0. The van der Waals surface area contributed by atoms with E-state index in [1.54, 1.807) is 0 Å². The highest BCUT2D eigenvalue weighted by Gasteiger charge is 2.36. The molecule has 3 rings (SSSR count). The predicted octanol–water partition coefficient (Wildman–Crippen LogP) is 4.37. The Kier molecular flexibility index (Phi) is 7.36. The van der Waals surface area contributed by atoms with Gasteiger partial charge in [-0.3, -0.25) is 0 Å². The quantitative estimate of drug-likeness (QED) is 0.391. The molecule has 2 aliphatic rings. The first-order chi connectivity index (χ1) is 11.5. The van der Waals surface area contributed by atoms with Crippen LogP contribution in [-0.4, -0.2) is 35.5 Å². The maximum absolute atomic E-state index is 12.6. The first-order valence-electron chi connectivity index (χ1n) is 8.52. The molecule has 1 aromatic rings. The molecule has 1 aliphatic carbocycles. The van der Waals surface area contributed by atoms with Gasteiger partial charge in [0.2, 0.25) is 0 Å². The molecule has 9 heteroatoms. The highest BCUT2D eigenvalue weighted by molar-refractivity contribution is 14.0. The molecule has 1 aromatic heterocycles. The maximum atomic E-state index is 12.6. The first-order valence-corrected chi connectivity index (χ1v) is 9.40. The number of hydrogen-bond acceptors (Lipinski definition) is 3. The Hall–Kier alpha value is -0.580. The lowest BCUT2D eigenvalue weighted by molar-refractivity contribution is -0.140. The van der Waals surface area contributed by atoms with Crippen molar-refractivity contribution < 1.29 is 13.2 Å². The van der Waals surface area contributed by atoms with E-state index in [4.69, 9.17) is 0 Å². The summed E-state index contributed by atoms with van der Waals surface area (Å²) in [4.78, 5) is 10.4. The van der Waals surface area contributed by atoms with Crippen LogP contribution in [0.25, 0.3) is 0 Å². The van der Waals surface area contributed by atoms with E-state index < -0.39 is 11.9 Å². The first kappa shape index (κ1) is 20.7. The number of fused-ring (bicyclic) bond motifs is 1. The van der Waals surface area contributed by atoms with Crippen molar-refractivity contribution >= 4 is 41.3 Å². The van der Waals surface area contributed by atoms with Gasteiger partial charge in [0, 0.05) is 25.0 Å². The third kappa shape index (κ3) is 5.21. The summed E-state index contributed by atoms with van der Waals surface area (Å²) in [5, 5.41) is 4.73. The van der Waals surface area contributed by atoms with Crippen molar-refractivity contribution in [2.75, 3.05) is 19.6 Å². The molecule has 25 heavy (non-hydrogen) atoms. The Morgan fingerprint density at radius 3 is 2.48 bits per heavy atom. The van der Waals surface area contributed by atoms with Crippen LogP contribution in [-0.2, 0) is 12.7 Å². The summed E-state index contributed by atoms with van der Waals surface area (Å²) in [7, 11) is 0. The van der Waals surface area contributed by atoms with E-state index >= 15 is 0 Å². The number of nitrogens with one attached hydrogen (secondary N) is 1. The van der Waals surface area contributed by atoms with Gasteiger partial charge in [0.1, 0.15) is 5.01 Å². The zero-order valence-corrected chi connectivity index (χ0v) is 17.3. The number of aliphatic imine (C=N–C) groups is 1. The minimum Gasteiger partial charge on any atom is -0.357 e. The molecule has 1 saturated heterocycles. The Morgan fingerprint density at radius 2 is 1.96 bits per heavy atom. The van der Waals surface area contributed by atoms with E-state index in [-0.39, 0.29) is 30.5 Å². The molecule has 2 unspecified atom stereocenters. The number of aromatic nitrogens is 1. The summed E-state index contributed by atoms with van der Waals surface area (Å²) in [6, 6.07) is 0.